The smallest absolute Gasteiger partial charge is 0.224 e. The SMILES string of the molecule is COc1ccccc1CC(=O)NCCCCN=[N+]=[N-]. The molecule has 0 bridgehead atoms. The van der Waals surface area contributed by atoms with Crippen molar-refractivity contribution in [2.45, 2.75) is 19.3 Å². The Hall–Kier alpha value is -2.20. The van der Waals surface area contributed by atoms with Crippen LogP contribution in [0, 0.1) is 0 Å². The second-order valence-electron chi connectivity index (χ2n) is 4.00. The van der Waals surface area contributed by atoms with E-state index >= 15 is 0 Å². The highest BCUT2D eigenvalue weighted by atomic mass is 16.5. The molecule has 0 aliphatic heterocycles. The number of ether oxygens (including phenoxy) is 1. The lowest BCUT2D eigenvalue weighted by molar-refractivity contribution is -0.120. The van der Waals surface area contributed by atoms with Crippen molar-refractivity contribution in [3.05, 3.63) is 40.3 Å². The Morgan fingerprint density at radius 2 is 2.21 bits per heavy atom. The largest absolute Gasteiger partial charge is 0.496 e. The third-order valence-electron chi connectivity index (χ3n) is 2.61. The van der Waals surface area contributed by atoms with Gasteiger partial charge in [-0.25, -0.2) is 0 Å². The number of hydrogen-bond acceptors (Lipinski definition) is 3. The molecule has 0 unspecified atom stereocenters. The summed E-state index contributed by atoms with van der Waals surface area (Å²) >= 11 is 0. The number of nitrogens with zero attached hydrogens (tertiary/aromatic N) is 3. The van der Waals surface area contributed by atoms with Gasteiger partial charge in [0.05, 0.1) is 13.5 Å². The number of amides is 1. The van der Waals surface area contributed by atoms with Crippen LogP contribution in [0.4, 0.5) is 0 Å². The van der Waals surface area contributed by atoms with Crippen LogP contribution in [0.3, 0.4) is 0 Å². The second-order valence-corrected chi connectivity index (χ2v) is 4.00. The summed E-state index contributed by atoms with van der Waals surface area (Å²) in [7, 11) is 1.59. The average molecular weight is 262 g/mol. The molecule has 19 heavy (non-hydrogen) atoms. The van der Waals surface area contributed by atoms with Crippen molar-refractivity contribution in [2.75, 3.05) is 20.2 Å². The first-order valence-electron chi connectivity index (χ1n) is 6.17. The fraction of sp³-hybridized carbons (Fsp3) is 0.462. The number of carbonyl (C=O) groups excluding carboxylic acids is 1. The molecular formula is C13H18N4O2. The van der Waals surface area contributed by atoms with Gasteiger partial charge < -0.3 is 10.1 Å². The molecule has 0 atom stereocenters. The van der Waals surface area contributed by atoms with Crippen LogP contribution in [0.15, 0.2) is 29.4 Å². The first-order valence-corrected chi connectivity index (χ1v) is 6.17. The lowest BCUT2D eigenvalue weighted by Crippen LogP contribution is -2.26. The van der Waals surface area contributed by atoms with Crippen LogP contribution in [0.1, 0.15) is 18.4 Å². The minimum Gasteiger partial charge on any atom is -0.496 e. The number of methoxy groups -OCH3 is 1. The van der Waals surface area contributed by atoms with E-state index in [1.807, 2.05) is 24.3 Å². The van der Waals surface area contributed by atoms with Crippen LogP contribution < -0.4 is 10.1 Å². The Balaban J connectivity index is 2.29. The van der Waals surface area contributed by atoms with Crippen molar-refractivity contribution in [3.63, 3.8) is 0 Å². The number of rotatable bonds is 8. The molecule has 1 aromatic carbocycles. The summed E-state index contributed by atoms with van der Waals surface area (Å²) in [5.74, 6) is 0.689. The first-order chi connectivity index (χ1) is 9.27. The van der Waals surface area contributed by atoms with E-state index in [4.69, 9.17) is 10.3 Å². The topological polar surface area (TPSA) is 87.1 Å². The van der Waals surface area contributed by atoms with Gasteiger partial charge in [-0.3, -0.25) is 4.79 Å². The van der Waals surface area contributed by atoms with Gasteiger partial charge in [0.25, 0.3) is 0 Å². The Labute approximate surface area is 112 Å². The quantitative estimate of drug-likeness (QED) is 0.337. The van der Waals surface area contributed by atoms with Gasteiger partial charge in [0.1, 0.15) is 5.75 Å². The third kappa shape index (κ3) is 5.79. The van der Waals surface area contributed by atoms with Crippen molar-refractivity contribution in [1.29, 1.82) is 0 Å². The summed E-state index contributed by atoms with van der Waals surface area (Å²) in [6.45, 7) is 1.06. The molecule has 0 radical (unpaired) electrons. The van der Waals surface area contributed by atoms with E-state index in [0.29, 0.717) is 19.5 Å². The summed E-state index contributed by atoms with van der Waals surface area (Å²) in [5, 5.41) is 6.26. The Bertz CT molecular complexity index is 456. The first kappa shape index (κ1) is 14.9. The summed E-state index contributed by atoms with van der Waals surface area (Å²) in [6.07, 6.45) is 1.88. The number of unbranched alkanes of at least 4 members (excludes halogenated alkanes) is 1. The monoisotopic (exact) mass is 262 g/mol. The van der Waals surface area contributed by atoms with Crippen LogP contribution in [-0.2, 0) is 11.2 Å². The van der Waals surface area contributed by atoms with Gasteiger partial charge >= 0.3 is 0 Å². The van der Waals surface area contributed by atoms with Gasteiger partial charge in [0, 0.05) is 23.6 Å². The molecule has 6 heteroatoms. The highest BCUT2D eigenvalue weighted by Crippen LogP contribution is 2.17. The summed E-state index contributed by atoms with van der Waals surface area (Å²) in [6, 6.07) is 7.46. The fourth-order valence-corrected chi connectivity index (χ4v) is 1.66. The number of para-hydroxylation sites is 1. The molecule has 102 valence electrons. The molecule has 0 spiro atoms. The van der Waals surface area contributed by atoms with Crippen molar-refractivity contribution >= 4 is 5.91 Å². The zero-order valence-electron chi connectivity index (χ0n) is 11.0. The Morgan fingerprint density at radius 1 is 1.42 bits per heavy atom. The number of nitrogens with one attached hydrogen (secondary N) is 1. The number of carbonyl (C=O) groups is 1. The van der Waals surface area contributed by atoms with Crippen LogP contribution in [0.5, 0.6) is 5.75 Å². The minimum atomic E-state index is -0.0340. The number of hydrogen-bond donors (Lipinski definition) is 1. The van der Waals surface area contributed by atoms with Crippen LogP contribution in [-0.4, -0.2) is 26.1 Å². The van der Waals surface area contributed by atoms with Gasteiger partial charge in [-0.05, 0) is 24.4 Å². The van der Waals surface area contributed by atoms with Crippen LogP contribution in [0.2, 0.25) is 0 Å². The molecule has 0 aliphatic rings. The minimum absolute atomic E-state index is 0.0340. The molecule has 1 aromatic rings. The molecule has 0 aliphatic carbocycles. The van der Waals surface area contributed by atoms with Crippen LogP contribution in [0.25, 0.3) is 10.4 Å². The predicted octanol–water partition coefficient (Wildman–Crippen LogP) is 2.44. The number of azide groups is 1. The molecule has 0 saturated carbocycles. The third-order valence-corrected chi connectivity index (χ3v) is 2.61. The van der Waals surface area contributed by atoms with E-state index < -0.39 is 0 Å². The van der Waals surface area contributed by atoms with E-state index in [1.54, 1.807) is 7.11 Å². The van der Waals surface area contributed by atoms with Crippen LogP contribution >= 0.6 is 0 Å². The van der Waals surface area contributed by atoms with E-state index in [2.05, 4.69) is 15.3 Å². The van der Waals surface area contributed by atoms with Gasteiger partial charge in [-0.2, -0.15) is 0 Å². The predicted molar refractivity (Wildman–Crippen MR) is 73.0 cm³/mol. The highest BCUT2D eigenvalue weighted by molar-refractivity contribution is 5.79. The molecule has 0 fully saturated rings. The van der Waals surface area contributed by atoms with E-state index in [0.717, 1.165) is 24.2 Å². The van der Waals surface area contributed by atoms with E-state index in [9.17, 15) is 4.79 Å². The molecule has 1 N–H and O–H groups in total. The summed E-state index contributed by atoms with van der Waals surface area (Å²) < 4.78 is 5.19. The van der Waals surface area contributed by atoms with Crippen molar-refractivity contribution < 1.29 is 9.53 Å². The highest BCUT2D eigenvalue weighted by Gasteiger charge is 2.07. The molecule has 1 amide bonds. The maximum Gasteiger partial charge on any atom is 0.224 e. The standard InChI is InChI=1S/C13H18N4O2/c1-19-12-7-3-2-6-11(12)10-13(18)15-8-4-5-9-16-17-14/h2-3,6-7H,4-5,8-10H2,1H3,(H,15,18). The van der Waals surface area contributed by atoms with E-state index in [1.165, 1.54) is 0 Å². The molecule has 0 heterocycles. The normalized spacial score (nSPS) is 9.53. The molecular weight excluding hydrogens is 244 g/mol. The number of benzene rings is 1. The van der Waals surface area contributed by atoms with Crippen molar-refractivity contribution in [2.24, 2.45) is 5.11 Å². The fourth-order valence-electron chi connectivity index (χ4n) is 1.66. The lowest BCUT2D eigenvalue weighted by atomic mass is 10.1. The van der Waals surface area contributed by atoms with E-state index in [-0.39, 0.29) is 5.91 Å². The maximum atomic E-state index is 11.7. The van der Waals surface area contributed by atoms with Gasteiger partial charge in [-0.1, -0.05) is 23.3 Å². The van der Waals surface area contributed by atoms with Crippen molar-refractivity contribution in [3.8, 4) is 5.75 Å². The zero-order chi connectivity index (χ0) is 13.9. The molecule has 0 saturated heterocycles. The van der Waals surface area contributed by atoms with Crippen molar-refractivity contribution in [1.82, 2.24) is 5.32 Å². The lowest BCUT2D eigenvalue weighted by Gasteiger charge is -2.08. The molecule has 6 nitrogen and oxygen atoms in total. The van der Waals surface area contributed by atoms with Gasteiger partial charge in [-0.15, -0.1) is 0 Å². The molecule has 0 aromatic heterocycles. The maximum absolute atomic E-state index is 11.7. The molecule has 1 rings (SSSR count). The Morgan fingerprint density at radius 3 is 2.95 bits per heavy atom. The summed E-state index contributed by atoms with van der Waals surface area (Å²) in [4.78, 5) is 14.4. The van der Waals surface area contributed by atoms with Gasteiger partial charge in [0.2, 0.25) is 5.91 Å². The zero-order valence-corrected chi connectivity index (χ0v) is 11.0. The summed E-state index contributed by atoms with van der Waals surface area (Å²) in [5.41, 5.74) is 8.97. The second kappa shape index (κ2) is 8.83. The Kier molecular flexibility index (Phi) is 6.90. The average Bonchev–Trinajstić information content (AvgIpc) is 2.43. The van der Waals surface area contributed by atoms with Gasteiger partial charge in [0.15, 0.2) is 0 Å².